The number of rotatable bonds is 7. The van der Waals surface area contributed by atoms with Gasteiger partial charge in [0.1, 0.15) is 5.75 Å². The first-order valence-electron chi connectivity index (χ1n) is 8.51. The van der Waals surface area contributed by atoms with Crippen LogP contribution < -0.4 is 10.1 Å². The highest BCUT2D eigenvalue weighted by atomic mass is 35.5. The summed E-state index contributed by atoms with van der Waals surface area (Å²) >= 11 is 0. The van der Waals surface area contributed by atoms with Gasteiger partial charge in [0.2, 0.25) is 5.91 Å². The van der Waals surface area contributed by atoms with Crippen LogP contribution in [-0.4, -0.2) is 62.1 Å². The molecule has 25 heavy (non-hydrogen) atoms. The molecule has 0 saturated carbocycles. The molecule has 1 saturated heterocycles. The molecule has 2 rings (SSSR count). The van der Waals surface area contributed by atoms with E-state index in [1.165, 1.54) is 5.56 Å². The van der Waals surface area contributed by atoms with Crippen LogP contribution in [0.25, 0.3) is 0 Å². The molecule has 1 aliphatic heterocycles. The predicted octanol–water partition coefficient (Wildman–Crippen LogP) is 2.43. The van der Waals surface area contributed by atoms with Gasteiger partial charge in [-0.05, 0) is 31.7 Å². The van der Waals surface area contributed by atoms with Crippen LogP contribution in [0.1, 0.15) is 19.4 Å². The van der Waals surface area contributed by atoms with Crippen LogP contribution in [0.15, 0.2) is 24.3 Å². The molecule has 5 nitrogen and oxygen atoms in total. The minimum Gasteiger partial charge on any atom is -0.494 e. The van der Waals surface area contributed by atoms with E-state index in [1.54, 1.807) is 0 Å². The van der Waals surface area contributed by atoms with E-state index >= 15 is 0 Å². The van der Waals surface area contributed by atoms with E-state index in [2.05, 4.69) is 22.3 Å². The first kappa shape index (κ1) is 24.0. The lowest BCUT2D eigenvalue weighted by Crippen LogP contribution is -2.50. The van der Waals surface area contributed by atoms with Gasteiger partial charge in [0.25, 0.3) is 0 Å². The lowest BCUT2D eigenvalue weighted by Gasteiger charge is -2.36. The number of hydrogen-bond donors (Lipinski definition) is 1. The van der Waals surface area contributed by atoms with Crippen molar-refractivity contribution in [2.24, 2.45) is 5.92 Å². The van der Waals surface area contributed by atoms with E-state index in [-0.39, 0.29) is 36.6 Å². The third kappa shape index (κ3) is 7.40. The molecule has 1 aromatic carbocycles. The number of ether oxygens (including phenoxy) is 1. The summed E-state index contributed by atoms with van der Waals surface area (Å²) in [4.78, 5) is 16.7. The lowest BCUT2D eigenvalue weighted by atomic mass is 10.1. The molecule has 0 radical (unpaired) electrons. The molecular weight excluding hydrogens is 361 g/mol. The summed E-state index contributed by atoms with van der Waals surface area (Å²) in [6.45, 7) is 9.87. The van der Waals surface area contributed by atoms with Crippen LogP contribution in [0.2, 0.25) is 0 Å². The lowest BCUT2D eigenvalue weighted by molar-refractivity contribution is -0.136. The SMILES string of the molecule is CCOc1ccc(CN2CCN(C(=O)C(C)CNC)CC2)cc1.Cl.Cl. The highest BCUT2D eigenvalue weighted by molar-refractivity contribution is 5.85. The van der Waals surface area contributed by atoms with Crippen LogP contribution in [0.4, 0.5) is 0 Å². The zero-order valence-electron chi connectivity index (χ0n) is 15.4. The number of hydrogen-bond acceptors (Lipinski definition) is 4. The number of piperazine rings is 1. The molecule has 0 spiro atoms. The fraction of sp³-hybridized carbons (Fsp3) is 0.611. The van der Waals surface area contributed by atoms with Crippen molar-refractivity contribution in [2.45, 2.75) is 20.4 Å². The van der Waals surface area contributed by atoms with E-state index in [1.807, 2.05) is 37.9 Å². The molecule has 0 aliphatic carbocycles. The highest BCUT2D eigenvalue weighted by Crippen LogP contribution is 2.15. The van der Waals surface area contributed by atoms with Crippen LogP contribution in [0.3, 0.4) is 0 Å². The monoisotopic (exact) mass is 391 g/mol. The summed E-state index contributed by atoms with van der Waals surface area (Å²) in [5.74, 6) is 1.24. The van der Waals surface area contributed by atoms with E-state index < -0.39 is 0 Å². The van der Waals surface area contributed by atoms with E-state index in [0.29, 0.717) is 6.61 Å². The Morgan fingerprint density at radius 2 is 1.76 bits per heavy atom. The number of halogens is 2. The first-order chi connectivity index (χ1) is 11.1. The molecular formula is C18H31Cl2N3O2. The Kier molecular flexibility index (Phi) is 11.9. The summed E-state index contributed by atoms with van der Waals surface area (Å²) in [7, 11) is 1.89. The fourth-order valence-corrected chi connectivity index (χ4v) is 2.95. The largest absolute Gasteiger partial charge is 0.494 e. The second-order valence-corrected chi connectivity index (χ2v) is 6.14. The number of nitrogens with one attached hydrogen (secondary N) is 1. The Morgan fingerprint density at radius 3 is 2.28 bits per heavy atom. The molecule has 1 aromatic rings. The topological polar surface area (TPSA) is 44.8 Å². The molecule has 1 atom stereocenters. The van der Waals surface area contributed by atoms with Gasteiger partial charge in [0, 0.05) is 45.2 Å². The average Bonchev–Trinajstić information content (AvgIpc) is 2.57. The Labute approximate surface area is 163 Å². The molecule has 1 fully saturated rings. The minimum atomic E-state index is 0. The van der Waals surface area contributed by atoms with Gasteiger partial charge in [-0.2, -0.15) is 0 Å². The van der Waals surface area contributed by atoms with E-state index in [9.17, 15) is 4.79 Å². The van der Waals surface area contributed by atoms with Gasteiger partial charge in [-0.3, -0.25) is 9.69 Å². The highest BCUT2D eigenvalue weighted by Gasteiger charge is 2.24. The smallest absolute Gasteiger partial charge is 0.226 e. The van der Waals surface area contributed by atoms with Crippen molar-refractivity contribution in [3.05, 3.63) is 29.8 Å². The van der Waals surface area contributed by atoms with Gasteiger partial charge in [0.05, 0.1) is 6.61 Å². The van der Waals surface area contributed by atoms with Crippen LogP contribution in [0.5, 0.6) is 5.75 Å². The molecule has 1 N–H and O–H groups in total. The second-order valence-electron chi connectivity index (χ2n) is 6.14. The standard InChI is InChI=1S/C18H29N3O2.2ClH/c1-4-23-17-7-5-16(6-8-17)14-20-9-11-21(12-10-20)18(22)15(2)13-19-3;;/h5-8,15,19H,4,9-14H2,1-3H3;2*1H. The quantitative estimate of drug-likeness (QED) is 0.774. The number of carbonyl (C=O) groups excluding carboxylic acids is 1. The Bertz CT molecular complexity index is 492. The Morgan fingerprint density at radius 1 is 1.16 bits per heavy atom. The van der Waals surface area contributed by atoms with E-state index in [0.717, 1.165) is 45.0 Å². The number of nitrogens with zero attached hydrogens (tertiary/aromatic N) is 2. The maximum absolute atomic E-state index is 12.3. The van der Waals surface area contributed by atoms with Crippen molar-refractivity contribution in [3.8, 4) is 5.75 Å². The summed E-state index contributed by atoms with van der Waals surface area (Å²) in [6, 6.07) is 8.30. The number of benzene rings is 1. The van der Waals surface area contributed by atoms with Crippen molar-refractivity contribution in [1.29, 1.82) is 0 Å². The molecule has 0 aromatic heterocycles. The summed E-state index contributed by atoms with van der Waals surface area (Å²) in [5, 5.41) is 3.07. The second kappa shape index (κ2) is 12.4. The molecule has 1 heterocycles. The molecule has 144 valence electrons. The van der Waals surface area contributed by atoms with Gasteiger partial charge < -0.3 is 15.0 Å². The van der Waals surface area contributed by atoms with Gasteiger partial charge in [-0.15, -0.1) is 24.8 Å². The van der Waals surface area contributed by atoms with Crippen molar-refractivity contribution in [2.75, 3.05) is 46.4 Å². The first-order valence-corrected chi connectivity index (χ1v) is 8.51. The van der Waals surface area contributed by atoms with Crippen LogP contribution in [0, 0.1) is 5.92 Å². The number of carbonyl (C=O) groups is 1. The normalized spacial score (nSPS) is 15.7. The number of amides is 1. The maximum atomic E-state index is 12.3. The zero-order valence-corrected chi connectivity index (χ0v) is 17.0. The summed E-state index contributed by atoms with van der Waals surface area (Å²) in [6.07, 6.45) is 0. The summed E-state index contributed by atoms with van der Waals surface area (Å²) < 4.78 is 5.47. The molecule has 1 unspecified atom stereocenters. The van der Waals surface area contributed by atoms with Gasteiger partial charge in [0.15, 0.2) is 0 Å². The van der Waals surface area contributed by atoms with Crippen molar-refractivity contribution >= 4 is 30.7 Å². The van der Waals surface area contributed by atoms with Gasteiger partial charge in [-0.25, -0.2) is 0 Å². The Hall–Kier alpha value is -1.01. The zero-order chi connectivity index (χ0) is 16.7. The van der Waals surface area contributed by atoms with Crippen LogP contribution >= 0.6 is 24.8 Å². The Balaban J connectivity index is 0.00000288. The minimum absolute atomic E-state index is 0. The van der Waals surface area contributed by atoms with Gasteiger partial charge in [-0.1, -0.05) is 19.1 Å². The molecule has 1 aliphatic rings. The molecule has 7 heteroatoms. The van der Waals surface area contributed by atoms with E-state index in [4.69, 9.17) is 4.74 Å². The van der Waals surface area contributed by atoms with Crippen molar-refractivity contribution < 1.29 is 9.53 Å². The average molecular weight is 392 g/mol. The third-order valence-electron chi connectivity index (χ3n) is 4.26. The molecule has 0 bridgehead atoms. The molecule has 1 amide bonds. The predicted molar refractivity (Wildman–Crippen MR) is 107 cm³/mol. The van der Waals surface area contributed by atoms with Crippen molar-refractivity contribution in [1.82, 2.24) is 15.1 Å². The van der Waals surface area contributed by atoms with Crippen molar-refractivity contribution in [3.63, 3.8) is 0 Å². The maximum Gasteiger partial charge on any atom is 0.226 e. The van der Waals surface area contributed by atoms with Gasteiger partial charge >= 0.3 is 0 Å². The summed E-state index contributed by atoms with van der Waals surface area (Å²) in [5.41, 5.74) is 1.29. The van der Waals surface area contributed by atoms with Crippen LogP contribution in [-0.2, 0) is 11.3 Å². The fourth-order valence-electron chi connectivity index (χ4n) is 2.95. The third-order valence-corrected chi connectivity index (χ3v) is 4.26.